The van der Waals surface area contributed by atoms with Crippen molar-refractivity contribution in [2.24, 2.45) is 0 Å². The van der Waals surface area contributed by atoms with Crippen molar-refractivity contribution < 1.29 is 34.7 Å². The van der Waals surface area contributed by atoms with Crippen molar-refractivity contribution in [3.8, 4) is 0 Å². The topological polar surface area (TPSA) is 121 Å². The van der Waals surface area contributed by atoms with Crippen LogP contribution in [0.1, 0.15) is 23.2 Å². The molecular weight excluding hydrogens is 244 g/mol. The molecule has 7 nitrogen and oxygen atoms in total. The molecule has 7 heteroatoms. The third kappa shape index (κ3) is 5.61. The first kappa shape index (κ1) is 15.6. The molecule has 0 bridgehead atoms. The zero-order chi connectivity index (χ0) is 12.7. The van der Waals surface area contributed by atoms with Crippen molar-refractivity contribution >= 4 is 17.9 Å². The van der Waals surface area contributed by atoms with Crippen LogP contribution in [0.2, 0.25) is 0 Å². The van der Waals surface area contributed by atoms with Crippen LogP contribution in [0.5, 0.6) is 0 Å². The summed E-state index contributed by atoms with van der Waals surface area (Å²) in [4.78, 5) is 40.7. The summed E-state index contributed by atoms with van der Waals surface area (Å²) < 4.78 is 0. The third-order valence-corrected chi connectivity index (χ3v) is 1.76. The number of hydrogen-bond acceptors (Lipinski definition) is 5. The van der Waals surface area contributed by atoms with Gasteiger partial charge in [-0.2, -0.15) is 0 Å². The molecule has 0 saturated carbocycles. The number of rotatable bonds is 4. The maximum Gasteiger partial charge on any atom is 0.386 e. The molecule has 0 unspecified atom stereocenters. The van der Waals surface area contributed by atoms with Gasteiger partial charge in [-0.1, -0.05) is 18.2 Å². The normalized spacial score (nSPS) is 8.89. The van der Waals surface area contributed by atoms with Crippen LogP contribution in [0.4, 0.5) is 0 Å². The summed E-state index contributed by atoms with van der Waals surface area (Å²) in [5, 5.41) is 8.30. The molecule has 0 saturated heterocycles. The molecule has 0 aromatic heterocycles. The van der Waals surface area contributed by atoms with Gasteiger partial charge in [-0.25, -0.2) is 19.4 Å². The monoisotopic (exact) mass is 256 g/mol. The Kier molecular flexibility index (Phi) is 6.75. The lowest BCUT2D eigenvalue weighted by atomic mass is 10.2. The lowest BCUT2D eigenvalue weighted by molar-refractivity contribution is -0.234. The van der Waals surface area contributed by atoms with Gasteiger partial charge < -0.3 is 10.6 Å². The predicted molar refractivity (Wildman–Crippen MR) is 58.4 cm³/mol. The first-order valence-electron chi connectivity index (χ1n) is 4.78. The minimum Gasteiger partial charge on any atom is -0.481 e. The van der Waals surface area contributed by atoms with Crippen molar-refractivity contribution in [1.82, 2.24) is 0 Å². The number of carboxylic acids is 1. The Balaban J connectivity index is 0.00000289. The molecule has 1 rings (SSSR count). The number of carbonyl (C=O) groups is 3. The maximum absolute atomic E-state index is 11.3. The van der Waals surface area contributed by atoms with Gasteiger partial charge in [-0.3, -0.25) is 4.79 Å². The highest BCUT2D eigenvalue weighted by molar-refractivity contribution is 5.89. The maximum atomic E-state index is 11.3. The summed E-state index contributed by atoms with van der Waals surface area (Å²) in [5.41, 5.74) is 0.235. The average Bonchev–Trinajstić information content (AvgIpc) is 2.34. The van der Waals surface area contributed by atoms with Gasteiger partial charge in [0.25, 0.3) is 0 Å². The summed E-state index contributed by atoms with van der Waals surface area (Å²) in [7, 11) is 0. The van der Waals surface area contributed by atoms with Crippen LogP contribution in [-0.2, 0) is 19.4 Å². The van der Waals surface area contributed by atoms with Crippen molar-refractivity contribution in [1.29, 1.82) is 0 Å². The Morgan fingerprint density at radius 3 is 2.17 bits per heavy atom. The van der Waals surface area contributed by atoms with E-state index in [9.17, 15) is 14.4 Å². The van der Waals surface area contributed by atoms with Crippen molar-refractivity contribution in [2.45, 2.75) is 12.8 Å². The smallest absolute Gasteiger partial charge is 0.386 e. The minimum atomic E-state index is -1.13. The van der Waals surface area contributed by atoms with Gasteiger partial charge in [0.1, 0.15) is 0 Å². The lowest BCUT2D eigenvalue weighted by Crippen LogP contribution is -2.12. The van der Waals surface area contributed by atoms with Crippen LogP contribution in [-0.4, -0.2) is 28.5 Å². The van der Waals surface area contributed by atoms with Gasteiger partial charge in [0.05, 0.1) is 18.4 Å². The second-order valence-corrected chi connectivity index (χ2v) is 3.09. The van der Waals surface area contributed by atoms with E-state index in [1.807, 2.05) is 0 Å². The van der Waals surface area contributed by atoms with Crippen molar-refractivity contribution in [2.75, 3.05) is 0 Å². The number of benzene rings is 1. The molecule has 3 N–H and O–H groups in total. The molecule has 18 heavy (non-hydrogen) atoms. The standard InChI is InChI=1S/C11H10O6.H2O/c12-9(13)6-7-10(14)16-17-11(15)8-4-2-1-3-5-8;/h1-5H,6-7H2,(H,12,13);1H2. The molecule has 0 aliphatic carbocycles. The molecular formula is C11H12O7. The Morgan fingerprint density at radius 1 is 1.00 bits per heavy atom. The summed E-state index contributed by atoms with van der Waals surface area (Å²) in [6, 6.07) is 7.96. The van der Waals surface area contributed by atoms with Gasteiger partial charge in [-0.05, 0) is 12.1 Å². The number of hydrogen-bond donors (Lipinski definition) is 1. The van der Waals surface area contributed by atoms with E-state index < -0.39 is 17.9 Å². The van der Waals surface area contributed by atoms with Crippen molar-refractivity contribution in [3.05, 3.63) is 35.9 Å². The molecule has 0 aliphatic heterocycles. The fourth-order valence-corrected chi connectivity index (χ4v) is 0.957. The summed E-state index contributed by atoms with van der Waals surface area (Å²) in [5.74, 6) is -2.85. The van der Waals surface area contributed by atoms with E-state index in [1.54, 1.807) is 18.2 Å². The minimum absolute atomic E-state index is 0. The van der Waals surface area contributed by atoms with Crippen molar-refractivity contribution in [3.63, 3.8) is 0 Å². The number of carbonyl (C=O) groups excluding carboxylic acids is 2. The van der Waals surface area contributed by atoms with E-state index in [0.29, 0.717) is 0 Å². The van der Waals surface area contributed by atoms with Gasteiger partial charge in [0.2, 0.25) is 0 Å². The summed E-state index contributed by atoms with van der Waals surface area (Å²) in [6.45, 7) is 0. The largest absolute Gasteiger partial charge is 0.481 e. The van der Waals surface area contributed by atoms with Crippen LogP contribution in [0.3, 0.4) is 0 Å². The Morgan fingerprint density at radius 2 is 1.61 bits per heavy atom. The highest BCUT2D eigenvalue weighted by Crippen LogP contribution is 2.02. The molecule has 1 aromatic rings. The van der Waals surface area contributed by atoms with Gasteiger partial charge in [0, 0.05) is 0 Å². The third-order valence-electron chi connectivity index (χ3n) is 1.76. The van der Waals surface area contributed by atoms with Gasteiger partial charge in [-0.15, -0.1) is 0 Å². The molecule has 0 radical (unpaired) electrons. The Labute approximate surface area is 102 Å². The summed E-state index contributed by atoms with van der Waals surface area (Å²) >= 11 is 0. The number of carboxylic acid groups (broad SMARTS) is 1. The van der Waals surface area contributed by atoms with E-state index >= 15 is 0 Å². The zero-order valence-corrected chi connectivity index (χ0v) is 9.29. The van der Waals surface area contributed by atoms with Gasteiger partial charge >= 0.3 is 17.9 Å². The molecule has 0 aliphatic rings. The van der Waals surface area contributed by atoms with Crippen LogP contribution in [0.15, 0.2) is 30.3 Å². The van der Waals surface area contributed by atoms with E-state index in [0.717, 1.165) is 0 Å². The second-order valence-electron chi connectivity index (χ2n) is 3.09. The lowest BCUT2D eigenvalue weighted by Gasteiger charge is -2.01. The Bertz CT molecular complexity index is 413. The highest BCUT2D eigenvalue weighted by Gasteiger charge is 2.12. The molecule has 0 spiro atoms. The Hall–Kier alpha value is -2.41. The van der Waals surface area contributed by atoms with Crippen LogP contribution in [0.25, 0.3) is 0 Å². The van der Waals surface area contributed by atoms with E-state index in [2.05, 4.69) is 9.78 Å². The average molecular weight is 256 g/mol. The highest BCUT2D eigenvalue weighted by atomic mass is 17.2. The molecule has 98 valence electrons. The van der Waals surface area contributed by atoms with Gasteiger partial charge in [0.15, 0.2) is 0 Å². The zero-order valence-electron chi connectivity index (χ0n) is 9.29. The van der Waals surface area contributed by atoms with E-state index in [4.69, 9.17) is 5.11 Å². The first-order chi connectivity index (χ1) is 8.09. The molecule has 0 atom stereocenters. The first-order valence-corrected chi connectivity index (χ1v) is 4.78. The molecule has 1 aromatic carbocycles. The van der Waals surface area contributed by atoms with E-state index in [1.165, 1.54) is 12.1 Å². The molecule has 0 amide bonds. The molecule has 0 heterocycles. The fourth-order valence-electron chi connectivity index (χ4n) is 0.957. The number of aliphatic carboxylic acids is 1. The van der Waals surface area contributed by atoms with Crippen LogP contribution < -0.4 is 0 Å². The van der Waals surface area contributed by atoms with Crippen LogP contribution in [0, 0.1) is 0 Å². The quantitative estimate of drug-likeness (QED) is 0.612. The predicted octanol–water partition coefficient (Wildman–Crippen LogP) is 0.342. The summed E-state index contributed by atoms with van der Waals surface area (Å²) in [6.07, 6.45) is -0.723. The SMILES string of the molecule is O.O=C(O)CCC(=O)OOC(=O)c1ccccc1. The second kappa shape index (κ2) is 7.80. The fraction of sp³-hybridized carbons (Fsp3) is 0.182. The molecule has 0 fully saturated rings. The van der Waals surface area contributed by atoms with E-state index in [-0.39, 0.29) is 23.9 Å². The van der Waals surface area contributed by atoms with Crippen LogP contribution >= 0.6 is 0 Å².